The van der Waals surface area contributed by atoms with E-state index in [1.807, 2.05) is 24.7 Å². The van der Waals surface area contributed by atoms with Gasteiger partial charge in [-0.2, -0.15) is 0 Å². The molecule has 1 aromatic heterocycles. The van der Waals surface area contributed by atoms with E-state index in [-0.39, 0.29) is 11.9 Å². The molecular weight excluding hydrogens is 303 g/mol. The van der Waals surface area contributed by atoms with E-state index in [0.717, 1.165) is 10.1 Å². The molecule has 0 radical (unpaired) electrons. The Kier molecular flexibility index (Phi) is 5.57. The van der Waals surface area contributed by atoms with Gasteiger partial charge in [-0.1, -0.05) is 0 Å². The third kappa shape index (κ3) is 4.57. The predicted octanol–water partition coefficient (Wildman–Crippen LogP) is 2.78. The second kappa shape index (κ2) is 7.42. The van der Waals surface area contributed by atoms with Crippen LogP contribution in [-0.4, -0.2) is 21.5 Å². The molecule has 2 aromatic rings. The summed E-state index contributed by atoms with van der Waals surface area (Å²) in [5.41, 5.74) is 6.09. The lowest BCUT2D eigenvalue weighted by Crippen LogP contribution is -2.19. The maximum Gasteiger partial charge on any atom is 0.224 e. The molecule has 0 spiro atoms. The number of aromatic nitrogens is 2. The van der Waals surface area contributed by atoms with Gasteiger partial charge in [-0.3, -0.25) is 4.79 Å². The van der Waals surface area contributed by atoms with Gasteiger partial charge in [0.05, 0.1) is 5.69 Å². The average Bonchev–Trinajstić information content (AvgIpc) is 2.85. The Morgan fingerprint density at radius 2 is 2.32 bits per heavy atom. The standard InChI is InChI=1S/C15H19FN4OS/c1-10(17)3-6-14(21)19-12-9-11(16)4-5-13(12)22-15-18-7-8-20(15)2/h4-5,7-10H,3,6,17H2,1-2H3,(H,19,21). The summed E-state index contributed by atoms with van der Waals surface area (Å²) in [5, 5.41) is 3.51. The van der Waals surface area contributed by atoms with E-state index in [1.165, 1.54) is 23.9 Å². The van der Waals surface area contributed by atoms with Gasteiger partial charge in [0.25, 0.3) is 0 Å². The fourth-order valence-electron chi connectivity index (χ4n) is 1.81. The maximum absolute atomic E-state index is 13.5. The largest absolute Gasteiger partial charge is 0.329 e. The first kappa shape index (κ1) is 16.5. The van der Waals surface area contributed by atoms with E-state index < -0.39 is 5.82 Å². The Hall–Kier alpha value is -1.86. The van der Waals surface area contributed by atoms with Gasteiger partial charge >= 0.3 is 0 Å². The highest BCUT2D eigenvalue weighted by Crippen LogP contribution is 2.33. The van der Waals surface area contributed by atoms with Crippen molar-refractivity contribution < 1.29 is 9.18 Å². The molecule has 3 N–H and O–H groups in total. The van der Waals surface area contributed by atoms with Crippen molar-refractivity contribution in [1.29, 1.82) is 0 Å². The number of nitrogens with two attached hydrogens (primary N) is 1. The Balaban J connectivity index is 2.14. The van der Waals surface area contributed by atoms with Crippen LogP contribution in [0.2, 0.25) is 0 Å². The number of amides is 1. The summed E-state index contributed by atoms with van der Waals surface area (Å²) < 4.78 is 15.3. The Bertz CT molecular complexity index is 657. The zero-order valence-corrected chi connectivity index (χ0v) is 13.4. The minimum Gasteiger partial charge on any atom is -0.329 e. The smallest absolute Gasteiger partial charge is 0.224 e. The minimum atomic E-state index is -0.397. The number of nitrogens with one attached hydrogen (secondary N) is 1. The number of rotatable bonds is 6. The lowest BCUT2D eigenvalue weighted by molar-refractivity contribution is -0.116. The van der Waals surface area contributed by atoms with Crippen LogP contribution in [0, 0.1) is 5.82 Å². The van der Waals surface area contributed by atoms with Crippen molar-refractivity contribution in [3.63, 3.8) is 0 Å². The fourth-order valence-corrected chi connectivity index (χ4v) is 2.68. The summed E-state index contributed by atoms with van der Waals surface area (Å²) in [5.74, 6) is -0.573. The molecule has 0 fully saturated rings. The van der Waals surface area contributed by atoms with Gasteiger partial charge in [0.2, 0.25) is 5.91 Å². The number of carbonyl (C=O) groups is 1. The van der Waals surface area contributed by atoms with Crippen LogP contribution in [0.4, 0.5) is 10.1 Å². The van der Waals surface area contributed by atoms with E-state index in [0.29, 0.717) is 18.5 Å². The van der Waals surface area contributed by atoms with Crippen molar-refractivity contribution >= 4 is 23.4 Å². The van der Waals surface area contributed by atoms with Crippen molar-refractivity contribution in [3.8, 4) is 0 Å². The van der Waals surface area contributed by atoms with Gasteiger partial charge in [0.15, 0.2) is 5.16 Å². The molecule has 1 aromatic carbocycles. The highest BCUT2D eigenvalue weighted by molar-refractivity contribution is 7.99. The molecule has 2 rings (SSSR count). The molecule has 0 saturated heterocycles. The SMILES string of the molecule is CC(N)CCC(=O)Nc1cc(F)ccc1Sc1nccn1C. The number of halogens is 1. The summed E-state index contributed by atoms with van der Waals surface area (Å²) >= 11 is 1.37. The maximum atomic E-state index is 13.5. The number of aryl methyl sites for hydroxylation is 1. The molecule has 7 heteroatoms. The number of carbonyl (C=O) groups excluding carboxylic acids is 1. The normalized spacial score (nSPS) is 12.2. The van der Waals surface area contributed by atoms with Crippen LogP contribution in [0.1, 0.15) is 19.8 Å². The van der Waals surface area contributed by atoms with Crippen LogP contribution in [0.25, 0.3) is 0 Å². The molecule has 1 heterocycles. The molecule has 0 bridgehead atoms. The first-order valence-corrected chi connectivity index (χ1v) is 7.77. The molecular formula is C15H19FN4OS. The number of anilines is 1. The summed E-state index contributed by atoms with van der Waals surface area (Å²) in [6.07, 6.45) is 4.41. The monoisotopic (exact) mass is 322 g/mol. The lowest BCUT2D eigenvalue weighted by atomic mass is 10.2. The Morgan fingerprint density at radius 1 is 1.55 bits per heavy atom. The van der Waals surface area contributed by atoms with Gasteiger partial charge in [-0.25, -0.2) is 9.37 Å². The quantitative estimate of drug-likeness (QED) is 0.858. The zero-order chi connectivity index (χ0) is 16.1. The van der Waals surface area contributed by atoms with E-state index in [9.17, 15) is 9.18 Å². The molecule has 1 unspecified atom stereocenters. The lowest BCUT2D eigenvalue weighted by Gasteiger charge is -2.11. The second-order valence-electron chi connectivity index (χ2n) is 5.13. The molecule has 5 nitrogen and oxygen atoms in total. The summed E-state index contributed by atoms with van der Waals surface area (Å²) in [7, 11) is 1.87. The fraction of sp³-hybridized carbons (Fsp3) is 0.333. The van der Waals surface area contributed by atoms with Crippen molar-refractivity contribution in [2.75, 3.05) is 5.32 Å². The second-order valence-corrected chi connectivity index (χ2v) is 6.14. The van der Waals surface area contributed by atoms with Crippen LogP contribution >= 0.6 is 11.8 Å². The van der Waals surface area contributed by atoms with Gasteiger partial charge < -0.3 is 15.6 Å². The molecule has 118 valence electrons. The molecule has 0 aliphatic carbocycles. The molecule has 22 heavy (non-hydrogen) atoms. The summed E-state index contributed by atoms with van der Waals surface area (Å²) in [6, 6.07) is 4.27. The number of nitrogens with zero attached hydrogens (tertiary/aromatic N) is 2. The summed E-state index contributed by atoms with van der Waals surface area (Å²) in [6.45, 7) is 1.85. The van der Waals surface area contributed by atoms with Crippen molar-refractivity contribution in [2.24, 2.45) is 12.8 Å². The third-order valence-corrected chi connectivity index (χ3v) is 4.17. The van der Waals surface area contributed by atoms with Crippen molar-refractivity contribution in [3.05, 3.63) is 36.4 Å². The first-order chi connectivity index (χ1) is 10.5. The Labute approximate surface area is 133 Å². The van der Waals surface area contributed by atoms with Crippen LogP contribution in [0.5, 0.6) is 0 Å². The third-order valence-electron chi connectivity index (χ3n) is 3.02. The first-order valence-electron chi connectivity index (χ1n) is 6.96. The number of benzene rings is 1. The Morgan fingerprint density at radius 3 is 2.95 bits per heavy atom. The van der Waals surface area contributed by atoms with E-state index in [4.69, 9.17) is 5.73 Å². The van der Waals surface area contributed by atoms with Gasteiger partial charge in [0, 0.05) is 36.8 Å². The minimum absolute atomic E-state index is 0.0420. The van der Waals surface area contributed by atoms with E-state index in [2.05, 4.69) is 10.3 Å². The van der Waals surface area contributed by atoms with Crippen molar-refractivity contribution in [1.82, 2.24) is 9.55 Å². The van der Waals surface area contributed by atoms with Crippen LogP contribution in [0.3, 0.4) is 0 Å². The molecule has 0 saturated carbocycles. The number of hydrogen-bond donors (Lipinski definition) is 2. The van der Waals surface area contributed by atoms with Crippen molar-refractivity contribution in [2.45, 2.75) is 35.9 Å². The molecule has 1 atom stereocenters. The summed E-state index contributed by atoms with van der Waals surface area (Å²) in [4.78, 5) is 16.9. The van der Waals surface area contributed by atoms with Crippen LogP contribution < -0.4 is 11.1 Å². The topological polar surface area (TPSA) is 72.9 Å². The highest BCUT2D eigenvalue weighted by atomic mass is 32.2. The van der Waals surface area contributed by atoms with Gasteiger partial charge in [-0.05, 0) is 43.3 Å². The van der Waals surface area contributed by atoms with Crippen LogP contribution in [0.15, 0.2) is 40.6 Å². The van der Waals surface area contributed by atoms with Crippen LogP contribution in [-0.2, 0) is 11.8 Å². The van der Waals surface area contributed by atoms with E-state index in [1.54, 1.807) is 12.3 Å². The zero-order valence-electron chi connectivity index (χ0n) is 12.5. The number of imidazole rings is 1. The molecule has 0 aliphatic heterocycles. The predicted molar refractivity (Wildman–Crippen MR) is 85.2 cm³/mol. The number of hydrogen-bond acceptors (Lipinski definition) is 4. The average molecular weight is 322 g/mol. The van der Waals surface area contributed by atoms with E-state index >= 15 is 0 Å². The molecule has 1 amide bonds. The van der Waals surface area contributed by atoms with Gasteiger partial charge in [0.1, 0.15) is 5.82 Å². The van der Waals surface area contributed by atoms with Gasteiger partial charge in [-0.15, -0.1) is 0 Å². The highest BCUT2D eigenvalue weighted by Gasteiger charge is 2.12. The molecule has 0 aliphatic rings.